The first-order chi connectivity index (χ1) is 8.83. The Labute approximate surface area is 111 Å². The van der Waals surface area contributed by atoms with Crippen molar-refractivity contribution in [3.8, 4) is 17.1 Å². The molecule has 7 heteroatoms. The molecule has 0 N–H and O–H groups in total. The summed E-state index contributed by atoms with van der Waals surface area (Å²) in [5, 5.41) is 12.3. The van der Waals surface area contributed by atoms with Crippen LogP contribution >= 0.6 is 15.9 Å². The highest BCUT2D eigenvalue weighted by atomic mass is 79.9. The zero-order chi connectivity index (χ0) is 12.4. The predicted molar refractivity (Wildman–Crippen MR) is 67.9 cm³/mol. The maximum Gasteiger partial charge on any atom is 0.206 e. The Bertz CT molecular complexity index is 666. The van der Waals surface area contributed by atoms with Gasteiger partial charge in [0, 0.05) is 28.6 Å². The maximum atomic E-state index is 4.29. The first-order valence-electron chi connectivity index (χ1n) is 5.14. The van der Waals surface area contributed by atoms with E-state index in [0.29, 0.717) is 5.82 Å². The molecule has 0 saturated carbocycles. The van der Waals surface area contributed by atoms with Gasteiger partial charge in [-0.1, -0.05) is 0 Å². The number of aromatic nitrogens is 6. The summed E-state index contributed by atoms with van der Waals surface area (Å²) in [5.74, 6) is 0.531. The third kappa shape index (κ3) is 2.12. The van der Waals surface area contributed by atoms with Gasteiger partial charge in [-0.3, -0.25) is 9.97 Å². The lowest BCUT2D eigenvalue weighted by atomic mass is 10.3. The van der Waals surface area contributed by atoms with Crippen LogP contribution in [-0.2, 0) is 0 Å². The van der Waals surface area contributed by atoms with Crippen molar-refractivity contribution in [3.63, 3.8) is 0 Å². The molecule has 18 heavy (non-hydrogen) atoms. The number of hydrogen-bond acceptors (Lipinski definition) is 5. The molecule has 3 heterocycles. The largest absolute Gasteiger partial charge is 0.264 e. The van der Waals surface area contributed by atoms with E-state index in [2.05, 4.69) is 41.3 Å². The van der Waals surface area contributed by atoms with E-state index >= 15 is 0 Å². The molecule has 0 aliphatic heterocycles. The molecule has 6 nitrogen and oxygen atoms in total. The Hall–Kier alpha value is -2.15. The molecule has 0 atom stereocenters. The van der Waals surface area contributed by atoms with Gasteiger partial charge in [0.05, 0.1) is 6.20 Å². The molecule has 0 aliphatic rings. The average Bonchev–Trinajstić information content (AvgIpc) is 2.89. The van der Waals surface area contributed by atoms with Crippen LogP contribution in [0.25, 0.3) is 17.1 Å². The summed E-state index contributed by atoms with van der Waals surface area (Å²) in [6.07, 6.45) is 6.76. The van der Waals surface area contributed by atoms with Crippen molar-refractivity contribution >= 4 is 15.9 Å². The van der Waals surface area contributed by atoms with E-state index in [0.717, 1.165) is 15.7 Å². The third-order valence-corrected chi connectivity index (χ3v) is 2.69. The molecule has 3 aromatic rings. The number of nitrogens with zero attached hydrogens (tertiary/aromatic N) is 6. The summed E-state index contributed by atoms with van der Waals surface area (Å²) >= 11 is 3.35. The fourth-order valence-corrected chi connectivity index (χ4v) is 1.80. The van der Waals surface area contributed by atoms with Crippen molar-refractivity contribution in [2.75, 3.05) is 0 Å². The number of tetrazole rings is 1. The quantitative estimate of drug-likeness (QED) is 0.723. The molecular weight excluding hydrogens is 296 g/mol. The van der Waals surface area contributed by atoms with Crippen LogP contribution in [0.5, 0.6) is 0 Å². The zero-order valence-corrected chi connectivity index (χ0v) is 10.7. The lowest BCUT2D eigenvalue weighted by molar-refractivity contribution is 0.716. The van der Waals surface area contributed by atoms with E-state index in [1.165, 1.54) is 4.80 Å². The van der Waals surface area contributed by atoms with Crippen LogP contribution < -0.4 is 0 Å². The van der Waals surface area contributed by atoms with Crippen molar-refractivity contribution in [3.05, 3.63) is 47.5 Å². The van der Waals surface area contributed by atoms with E-state index in [1.54, 1.807) is 24.8 Å². The number of halogens is 1. The summed E-state index contributed by atoms with van der Waals surface area (Å²) in [5.41, 5.74) is 1.57. The van der Waals surface area contributed by atoms with Gasteiger partial charge >= 0.3 is 0 Å². The highest BCUT2D eigenvalue weighted by Gasteiger charge is 2.07. The minimum atomic E-state index is 0.531. The molecule has 3 aromatic heterocycles. The monoisotopic (exact) mass is 302 g/mol. The zero-order valence-electron chi connectivity index (χ0n) is 9.10. The molecular formula is C11H7BrN6. The van der Waals surface area contributed by atoms with E-state index in [1.807, 2.05) is 18.2 Å². The van der Waals surface area contributed by atoms with Crippen LogP contribution in [0.4, 0.5) is 0 Å². The Morgan fingerprint density at radius 3 is 2.83 bits per heavy atom. The van der Waals surface area contributed by atoms with Gasteiger partial charge in [-0.25, -0.2) is 0 Å². The van der Waals surface area contributed by atoms with E-state index in [4.69, 9.17) is 0 Å². The number of hydrogen-bond donors (Lipinski definition) is 0. The lowest BCUT2D eigenvalue weighted by Crippen LogP contribution is -1.99. The first kappa shape index (κ1) is 11.0. The Balaban J connectivity index is 2.00. The Kier molecular flexibility index (Phi) is 2.81. The lowest BCUT2D eigenvalue weighted by Gasteiger charge is -1.97. The van der Waals surface area contributed by atoms with E-state index in [-0.39, 0.29) is 0 Å². The topological polar surface area (TPSA) is 69.4 Å². The van der Waals surface area contributed by atoms with Gasteiger partial charge in [-0.05, 0) is 39.3 Å². The van der Waals surface area contributed by atoms with Gasteiger partial charge in [0.1, 0.15) is 5.69 Å². The van der Waals surface area contributed by atoms with Crippen LogP contribution in [0.1, 0.15) is 0 Å². The van der Waals surface area contributed by atoms with Crippen LogP contribution in [-0.4, -0.2) is 30.2 Å². The molecule has 0 saturated heterocycles. The highest BCUT2D eigenvalue weighted by molar-refractivity contribution is 9.10. The number of pyridine rings is 2. The first-order valence-corrected chi connectivity index (χ1v) is 5.93. The van der Waals surface area contributed by atoms with Crippen molar-refractivity contribution in [2.24, 2.45) is 0 Å². The van der Waals surface area contributed by atoms with Crippen LogP contribution in [0, 0.1) is 0 Å². The van der Waals surface area contributed by atoms with Crippen LogP contribution in [0.3, 0.4) is 0 Å². The van der Waals surface area contributed by atoms with E-state index in [9.17, 15) is 0 Å². The van der Waals surface area contributed by atoms with Gasteiger partial charge in [-0.2, -0.15) is 0 Å². The van der Waals surface area contributed by atoms with Crippen molar-refractivity contribution in [1.29, 1.82) is 0 Å². The predicted octanol–water partition coefficient (Wildman–Crippen LogP) is 1.88. The van der Waals surface area contributed by atoms with Crippen LogP contribution in [0.2, 0.25) is 0 Å². The summed E-state index contributed by atoms with van der Waals surface area (Å²) in [7, 11) is 0. The molecule has 0 unspecified atom stereocenters. The fourth-order valence-electron chi connectivity index (χ4n) is 1.44. The van der Waals surface area contributed by atoms with Gasteiger partial charge in [-0.15, -0.1) is 15.0 Å². The summed E-state index contributed by atoms with van der Waals surface area (Å²) in [6, 6.07) is 5.58. The standard InChI is InChI=1S/C11H7BrN6/c12-9-4-10(7-14-6-9)18-16-11(15-17-18)8-2-1-3-13-5-8/h1-7H. The minimum absolute atomic E-state index is 0.531. The third-order valence-electron chi connectivity index (χ3n) is 2.25. The Morgan fingerprint density at radius 1 is 1.11 bits per heavy atom. The molecule has 0 radical (unpaired) electrons. The van der Waals surface area contributed by atoms with Gasteiger partial charge in [0.2, 0.25) is 5.82 Å². The summed E-state index contributed by atoms with van der Waals surface area (Å²) < 4.78 is 0.861. The van der Waals surface area contributed by atoms with Crippen molar-refractivity contribution in [2.45, 2.75) is 0 Å². The smallest absolute Gasteiger partial charge is 0.206 e. The minimum Gasteiger partial charge on any atom is -0.264 e. The highest BCUT2D eigenvalue weighted by Crippen LogP contribution is 2.14. The summed E-state index contributed by atoms with van der Waals surface area (Å²) in [4.78, 5) is 9.51. The summed E-state index contributed by atoms with van der Waals surface area (Å²) in [6.45, 7) is 0. The molecule has 0 aromatic carbocycles. The van der Waals surface area contributed by atoms with E-state index < -0.39 is 0 Å². The van der Waals surface area contributed by atoms with Gasteiger partial charge in [0.25, 0.3) is 0 Å². The normalized spacial score (nSPS) is 10.5. The Morgan fingerprint density at radius 2 is 2.06 bits per heavy atom. The second-order valence-electron chi connectivity index (χ2n) is 3.51. The second-order valence-corrected chi connectivity index (χ2v) is 4.42. The molecule has 0 aliphatic carbocycles. The molecule has 0 amide bonds. The maximum absolute atomic E-state index is 4.29. The van der Waals surface area contributed by atoms with Crippen molar-refractivity contribution in [1.82, 2.24) is 30.2 Å². The SMILES string of the molecule is Brc1cncc(-n2nnc(-c3cccnc3)n2)c1. The number of rotatable bonds is 2. The fraction of sp³-hybridized carbons (Fsp3) is 0. The molecule has 3 rings (SSSR count). The molecule has 0 bridgehead atoms. The molecule has 0 spiro atoms. The molecule has 0 fully saturated rings. The second kappa shape index (κ2) is 4.61. The molecule has 88 valence electrons. The van der Waals surface area contributed by atoms with Crippen LogP contribution in [0.15, 0.2) is 47.5 Å². The van der Waals surface area contributed by atoms with Gasteiger partial charge < -0.3 is 0 Å². The van der Waals surface area contributed by atoms with Gasteiger partial charge in [0.15, 0.2) is 0 Å². The van der Waals surface area contributed by atoms with Crippen molar-refractivity contribution < 1.29 is 0 Å². The average molecular weight is 303 g/mol.